The van der Waals surface area contributed by atoms with Crippen LogP contribution in [0.4, 0.5) is 4.39 Å². The summed E-state index contributed by atoms with van der Waals surface area (Å²) in [6, 6.07) is 9.30. The van der Waals surface area contributed by atoms with Crippen molar-refractivity contribution in [2.75, 3.05) is 13.7 Å². The molecule has 1 aromatic heterocycles. The van der Waals surface area contributed by atoms with Crippen molar-refractivity contribution in [2.45, 2.75) is 26.9 Å². The zero-order chi connectivity index (χ0) is 15.2. The van der Waals surface area contributed by atoms with Crippen molar-refractivity contribution in [3.05, 3.63) is 53.6 Å². The number of rotatable bonds is 7. The molecule has 3 nitrogen and oxygen atoms in total. The van der Waals surface area contributed by atoms with Gasteiger partial charge in [-0.2, -0.15) is 0 Å². The first-order chi connectivity index (χ1) is 10.1. The quantitative estimate of drug-likeness (QED) is 0.845. The fourth-order valence-corrected chi connectivity index (χ4v) is 2.27. The van der Waals surface area contributed by atoms with Gasteiger partial charge in [-0.25, -0.2) is 4.39 Å². The highest BCUT2D eigenvalue weighted by atomic mass is 19.1. The smallest absolute Gasteiger partial charge is 0.170 e. The van der Waals surface area contributed by atoms with Crippen LogP contribution in [0.3, 0.4) is 0 Å². The minimum atomic E-state index is -0.283. The van der Waals surface area contributed by atoms with Crippen LogP contribution < -0.4 is 10.1 Å². The Kier molecular flexibility index (Phi) is 5.39. The van der Waals surface area contributed by atoms with Crippen LogP contribution >= 0.6 is 0 Å². The molecule has 0 saturated carbocycles. The standard InChI is InChI=1S/C17H23FN2O/c1-13(2)10-19-11-15-7-5-9-20(15)12-14-6-4-8-16(21-3)17(14)18/h4-9,13,19H,10-12H2,1-3H3. The predicted octanol–water partition coefficient (Wildman–Crippen LogP) is 3.43. The van der Waals surface area contributed by atoms with Crippen LogP contribution in [0.5, 0.6) is 5.75 Å². The van der Waals surface area contributed by atoms with Crippen LogP contribution in [0, 0.1) is 11.7 Å². The largest absolute Gasteiger partial charge is 0.494 e. The topological polar surface area (TPSA) is 26.2 Å². The van der Waals surface area contributed by atoms with Gasteiger partial charge in [0.1, 0.15) is 0 Å². The van der Waals surface area contributed by atoms with Gasteiger partial charge in [0.2, 0.25) is 0 Å². The van der Waals surface area contributed by atoms with Crippen LogP contribution in [0.15, 0.2) is 36.5 Å². The molecule has 0 radical (unpaired) electrons. The first kappa shape index (κ1) is 15.6. The van der Waals surface area contributed by atoms with E-state index < -0.39 is 0 Å². The summed E-state index contributed by atoms with van der Waals surface area (Å²) in [7, 11) is 1.49. The summed E-state index contributed by atoms with van der Waals surface area (Å²) in [5.74, 6) is 0.623. The molecule has 1 N–H and O–H groups in total. The molecule has 0 amide bonds. The molecule has 4 heteroatoms. The Bertz CT molecular complexity index is 578. The molecule has 2 rings (SSSR count). The van der Waals surface area contributed by atoms with Gasteiger partial charge in [-0.3, -0.25) is 0 Å². The van der Waals surface area contributed by atoms with Crippen molar-refractivity contribution >= 4 is 0 Å². The van der Waals surface area contributed by atoms with E-state index in [1.54, 1.807) is 12.1 Å². The predicted molar refractivity (Wildman–Crippen MR) is 83.0 cm³/mol. The van der Waals surface area contributed by atoms with E-state index in [-0.39, 0.29) is 5.82 Å². The number of nitrogens with one attached hydrogen (secondary N) is 1. The Morgan fingerprint density at radius 3 is 2.76 bits per heavy atom. The molecule has 0 bridgehead atoms. The maximum Gasteiger partial charge on any atom is 0.170 e. The van der Waals surface area contributed by atoms with Crippen LogP contribution in [0.1, 0.15) is 25.1 Å². The molecule has 0 unspecified atom stereocenters. The maximum atomic E-state index is 14.2. The molecule has 0 aliphatic carbocycles. The van der Waals surface area contributed by atoms with E-state index in [0.29, 0.717) is 23.8 Å². The highest BCUT2D eigenvalue weighted by Gasteiger charge is 2.10. The zero-order valence-corrected chi connectivity index (χ0v) is 12.9. The van der Waals surface area contributed by atoms with E-state index in [9.17, 15) is 4.39 Å². The molecule has 1 heterocycles. The van der Waals surface area contributed by atoms with Crippen molar-refractivity contribution < 1.29 is 9.13 Å². The summed E-state index contributed by atoms with van der Waals surface area (Å²) < 4.78 is 21.3. The van der Waals surface area contributed by atoms with E-state index in [2.05, 4.69) is 29.8 Å². The Labute approximate surface area is 125 Å². The number of halogens is 1. The Hall–Kier alpha value is -1.81. The third-order valence-electron chi connectivity index (χ3n) is 3.39. The number of benzene rings is 1. The van der Waals surface area contributed by atoms with Gasteiger partial charge in [-0.15, -0.1) is 0 Å². The van der Waals surface area contributed by atoms with Crippen molar-refractivity contribution in [1.82, 2.24) is 9.88 Å². The number of hydrogen-bond donors (Lipinski definition) is 1. The highest BCUT2D eigenvalue weighted by Crippen LogP contribution is 2.21. The Balaban J connectivity index is 2.08. The molecule has 0 aliphatic heterocycles. The highest BCUT2D eigenvalue weighted by molar-refractivity contribution is 5.31. The van der Waals surface area contributed by atoms with Crippen LogP contribution in [0.2, 0.25) is 0 Å². The number of ether oxygens (including phenoxy) is 1. The third kappa shape index (κ3) is 4.08. The second-order valence-corrected chi connectivity index (χ2v) is 5.59. The summed E-state index contributed by atoms with van der Waals surface area (Å²) in [6.45, 7) is 6.62. The van der Waals surface area contributed by atoms with Gasteiger partial charge in [-0.05, 0) is 30.7 Å². The average Bonchev–Trinajstić information content (AvgIpc) is 2.88. The molecule has 0 fully saturated rings. The monoisotopic (exact) mass is 290 g/mol. The van der Waals surface area contributed by atoms with Gasteiger partial charge in [0.05, 0.1) is 13.7 Å². The molecule has 0 spiro atoms. The number of methoxy groups -OCH3 is 1. The van der Waals surface area contributed by atoms with E-state index in [4.69, 9.17) is 4.74 Å². The first-order valence-electron chi connectivity index (χ1n) is 7.28. The van der Waals surface area contributed by atoms with Crippen molar-refractivity contribution in [1.29, 1.82) is 0 Å². The molecule has 21 heavy (non-hydrogen) atoms. The molecule has 2 aromatic rings. The summed E-state index contributed by atoms with van der Waals surface area (Å²) >= 11 is 0. The first-order valence-corrected chi connectivity index (χ1v) is 7.28. The zero-order valence-electron chi connectivity index (χ0n) is 12.9. The van der Waals surface area contributed by atoms with Crippen molar-refractivity contribution in [3.63, 3.8) is 0 Å². The second kappa shape index (κ2) is 7.27. The number of hydrogen-bond acceptors (Lipinski definition) is 2. The van der Waals surface area contributed by atoms with Crippen LogP contribution in [-0.4, -0.2) is 18.2 Å². The lowest BCUT2D eigenvalue weighted by Crippen LogP contribution is -2.21. The fraction of sp³-hybridized carbons (Fsp3) is 0.412. The molecule has 0 saturated heterocycles. The van der Waals surface area contributed by atoms with Gasteiger partial charge in [-0.1, -0.05) is 26.0 Å². The van der Waals surface area contributed by atoms with E-state index in [1.807, 2.05) is 18.3 Å². The lowest BCUT2D eigenvalue weighted by atomic mass is 10.2. The van der Waals surface area contributed by atoms with Gasteiger partial charge >= 0.3 is 0 Å². The Morgan fingerprint density at radius 2 is 2.05 bits per heavy atom. The molecule has 114 valence electrons. The van der Waals surface area contributed by atoms with Gasteiger partial charge in [0, 0.05) is 24.0 Å². The molecular weight excluding hydrogens is 267 g/mol. The van der Waals surface area contributed by atoms with Crippen LogP contribution in [-0.2, 0) is 13.1 Å². The Morgan fingerprint density at radius 1 is 1.24 bits per heavy atom. The molecular formula is C17H23FN2O. The maximum absolute atomic E-state index is 14.2. The summed E-state index contributed by atoms with van der Waals surface area (Å²) in [4.78, 5) is 0. The molecule has 1 aromatic carbocycles. The lowest BCUT2D eigenvalue weighted by molar-refractivity contribution is 0.383. The van der Waals surface area contributed by atoms with Crippen molar-refractivity contribution in [2.24, 2.45) is 5.92 Å². The van der Waals surface area contributed by atoms with Gasteiger partial charge in [0.25, 0.3) is 0 Å². The summed E-state index contributed by atoms with van der Waals surface area (Å²) in [6.07, 6.45) is 1.98. The summed E-state index contributed by atoms with van der Waals surface area (Å²) in [5.41, 5.74) is 1.79. The van der Waals surface area contributed by atoms with E-state index in [1.165, 1.54) is 7.11 Å². The van der Waals surface area contributed by atoms with Crippen molar-refractivity contribution in [3.8, 4) is 5.75 Å². The van der Waals surface area contributed by atoms with Gasteiger partial charge < -0.3 is 14.6 Å². The van der Waals surface area contributed by atoms with Gasteiger partial charge in [0.15, 0.2) is 11.6 Å². The third-order valence-corrected chi connectivity index (χ3v) is 3.39. The molecule has 0 aliphatic rings. The fourth-order valence-electron chi connectivity index (χ4n) is 2.27. The van der Waals surface area contributed by atoms with Crippen LogP contribution in [0.25, 0.3) is 0 Å². The minimum absolute atomic E-state index is 0.283. The number of nitrogens with zero attached hydrogens (tertiary/aromatic N) is 1. The van der Waals surface area contributed by atoms with E-state index in [0.717, 1.165) is 18.8 Å². The minimum Gasteiger partial charge on any atom is -0.494 e. The SMILES string of the molecule is COc1cccc(Cn2cccc2CNCC(C)C)c1F. The average molecular weight is 290 g/mol. The molecule has 0 atom stereocenters. The van der Waals surface area contributed by atoms with E-state index >= 15 is 0 Å². The summed E-state index contributed by atoms with van der Waals surface area (Å²) in [5, 5.41) is 3.41. The normalized spacial score (nSPS) is 11.1. The lowest BCUT2D eigenvalue weighted by Gasteiger charge is -2.13. The number of aromatic nitrogens is 1. The second-order valence-electron chi connectivity index (χ2n) is 5.59.